The van der Waals surface area contributed by atoms with E-state index in [4.69, 9.17) is 9.51 Å². The van der Waals surface area contributed by atoms with Gasteiger partial charge in [-0.15, -0.1) is 0 Å². The van der Waals surface area contributed by atoms with E-state index in [9.17, 15) is 14.4 Å². The van der Waals surface area contributed by atoms with Crippen LogP contribution in [0.1, 0.15) is 73.4 Å². The van der Waals surface area contributed by atoms with E-state index in [1.165, 1.54) is 5.56 Å². The van der Waals surface area contributed by atoms with Crippen molar-refractivity contribution in [2.75, 3.05) is 49.1 Å². The average molecular weight is 782 g/mol. The number of carbonyl (C=O) groups excluding carboxylic acids is 3. The fourth-order valence-corrected chi connectivity index (χ4v) is 7.45. The maximum Gasteiger partial charge on any atom is 0.328 e. The Morgan fingerprint density at radius 2 is 1.69 bits per heavy atom. The fourth-order valence-electron chi connectivity index (χ4n) is 7.45. The molecule has 298 valence electrons. The molecule has 0 bridgehead atoms. The number of aryl methyl sites for hydroxylation is 1. The highest BCUT2D eigenvalue weighted by Gasteiger charge is 2.26. The highest BCUT2D eigenvalue weighted by Crippen LogP contribution is 2.32. The maximum atomic E-state index is 12.9. The number of anilines is 2. The van der Waals surface area contributed by atoms with Crippen LogP contribution in [0.4, 0.5) is 16.2 Å². The van der Waals surface area contributed by atoms with Crippen LogP contribution in [0, 0.1) is 6.92 Å². The van der Waals surface area contributed by atoms with E-state index in [2.05, 4.69) is 76.1 Å². The molecule has 2 saturated heterocycles. The molecular formula is C43H47N11O4. The quantitative estimate of drug-likeness (QED) is 0.149. The first kappa shape index (κ1) is 38.4. The summed E-state index contributed by atoms with van der Waals surface area (Å²) in [6.07, 6.45) is 4.99. The lowest BCUT2D eigenvalue weighted by Crippen LogP contribution is -2.49. The molecule has 2 aliphatic rings. The number of piperazine rings is 1. The molecule has 6 heterocycles. The molecule has 0 radical (unpaired) electrons. The standard InChI is InChI=1S/C43H47N11O4/c1-26-22-29(8-12-33(26)27(2)46-40(56)39-48-41(58-51-39)43(3,4)5)37-34-23-30(24-45-38(34)50-49-37)35-13-11-32(25-44-35)53-20-18-52(19-21-53)16-14-28-6-9-31(10-7-28)54-17-15-36(55)47-42(54)57/h6-13,22-25,27H,14-21H2,1-5H3,(H,46,56)(H,45,49,50)(H,47,55,57)/t27-/m1/s1. The second-order valence-corrected chi connectivity index (χ2v) is 16.0. The van der Waals surface area contributed by atoms with E-state index < -0.39 is 5.91 Å². The number of H-pyrrole nitrogens is 1. The van der Waals surface area contributed by atoms with Gasteiger partial charge in [-0.05, 0) is 73.4 Å². The lowest BCUT2D eigenvalue weighted by Gasteiger charge is -2.36. The number of aromatic amines is 1. The zero-order valence-electron chi connectivity index (χ0n) is 33.4. The van der Waals surface area contributed by atoms with Crippen LogP contribution in [0.15, 0.2) is 77.6 Å². The van der Waals surface area contributed by atoms with Gasteiger partial charge in [-0.25, -0.2) is 9.78 Å². The highest BCUT2D eigenvalue weighted by molar-refractivity contribution is 6.05. The van der Waals surface area contributed by atoms with Crippen molar-refractivity contribution in [2.45, 2.75) is 58.9 Å². The monoisotopic (exact) mass is 781 g/mol. The largest absolute Gasteiger partial charge is 0.368 e. The minimum Gasteiger partial charge on any atom is -0.368 e. The van der Waals surface area contributed by atoms with E-state index >= 15 is 0 Å². The number of nitrogens with one attached hydrogen (secondary N) is 3. The van der Waals surface area contributed by atoms with E-state index in [1.807, 2.05) is 77.3 Å². The van der Waals surface area contributed by atoms with Crippen LogP contribution in [-0.4, -0.2) is 92.3 Å². The summed E-state index contributed by atoms with van der Waals surface area (Å²) in [5.41, 5.74) is 8.86. The van der Waals surface area contributed by atoms with Gasteiger partial charge in [0.25, 0.3) is 11.7 Å². The number of rotatable bonds is 10. The molecule has 2 aromatic carbocycles. The molecule has 8 rings (SSSR count). The molecule has 0 unspecified atom stereocenters. The summed E-state index contributed by atoms with van der Waals surface area (Å²) in [6, 6.07) is 19.7. The van der Waals surface area contributed by atoms with E-state index in [-0.39, 0.29) is 29.2 Å². The van der Waals surface area contributed by atoms with Crippen molar-refractivity contribution in [3.8, 4) is 22.5 Å². The number of hydrogen-bond acceptors (Lipinski definition) is 11. The van der Waals surface area contributed by atoms with Crippen LogP contribution in [0.25, 0.3) is 33.5 Å². The zero-order chi connectivity index (χ0) is 40.6. The summed E-state index contributed by atoms with van der Waals surface area (Å²) in [4.78, 5) is 56.8. The Morgan fingerprint density at radius 1 is 0.914 bits per heavy atom. The molecule has 2 aliphatic heterocycles. The van der Waals surface area contributed by atoms with Crippen molar-refractivity contribution in [3.63, 3.8) is 0 Å². The van der Waals surface area contributed by atoms with Gasteiger partial charge in [0.15, 0.2) is 5.65 Å². The number of fused-ring (bicyclic) bond motifs is 1. The van der Waals surface area contributed by atoms with Gasteiger partial charge in [0.2, 0.25) is 11.8 Å². The minimum atomic E-state index is -0.392. The van der Waals surface area contributed by atoms with Crippen LogP contribution < -0.4 is 20.4 Å². The van der Waals surface area contributed by atoms with E-state index in [1.54, 1.807) is 4.90 Å². The number of pyridine rings is 2. The fraction of sp³-hybridized carbons (Fsp3) is 0.349. The van der Waals surface area contributed by atoms with Crippen LogP contribution >= 0.6 is 0 Å². The van der Waals surface area contributed by atoms with Gasteiger partial charge in [-0.3, -0.25) is 34.8 Å². The first-order valence-electron chi connectivity index (χ1n) is 19.6. The van der Waals surface area contributed by atoms with Gasteiger partial charge < -0.3 is 14.7 Å². The number of imide groups is 1. The first-order valence-corrected chi connectivity index (χ1v) is 19.6. The zero-order valence-corrected chi connectivity index (χ0v) is 33.4. The summed E-state index contributed by atoms with van der Waals surface area (Å²) in [6.45, 7) is 14.9. The van der Waals surface area contributed by atoms with Crippen LogP contribution in [-0.2, 0) is 16.6 Å². The molecule has 0 aliphatic carbocycles. The second kappa shape index (κ2) is 15.8. The minimum absolute atomic E-state index is 0.0148. The number of amides is 4. The van der Waals surface area contributed by atoms with Gasteiger partial charge in [-0.2, -0.15) is 10.1 Å². The van der Waals surface area contributed by atoms with Crippen LogP contribution in [0.5, 0.6) is 0 Å². The Kier molecular flexibility index (Phi) is 10.5. The molecule has 58 heavy (non-hydrogen) atoms. The topological polar surface area (TPSA) is 178 Å². The van der Waals surface area contributed by atoms with Crippen molar-refractivity contribution >= 4 is 40.3 Å². The Hall–Kier alpha value is -6.48. The number of nitrogens with zero attached hydrogens (tertiary/aromatic N) is 8. The summed E-state index contributed by atoms with van der Waals surface area (Å²) in [5, 5.41) is 17.8. The smallest absolute Gasteiger partial charge is 0.328 e. The molecule has 0 saturated carbocycles. The lowest BCUT2D eigenvalue weighted by atomic mass is 9.97. The molecule has 15 nitrogen and oxygen atoms in total. The molecule has 0 spiro atoms. The molecule has 1 atom stereocenters. The Morgan fingerprint density at radius 3 is 2.38 bits per heavy atom. The molecular weight excluding hydrogens is 735 g/mol. The van der Waals surface area contributed by atoms with Crippen LogP contribution in [0.2, 0.25) is 0 Å². The summed E-state index contributed by atoms with van der Waals surface area (Å²) in [5.74, 6) is -0.194. The first-order chi connectivity index (χ1) is 27.9. The van der Waals surface area contributed by atoms with E-state index in [0.29, 0.717) is 24.5 Å². The van der Waals surface area contributed by atoms with E-state index in [0.717, 1.165) is 89.5 Å². The van der Waals surface area contributed by atoms with Crippen LogP contribution in [0.3, 0.4) is 0 Å². The van der Waals surface area contributed by atoms with Crippen molar-refractivity contribution in [2.24, 2.45) is 0 Å². The molecule has 4 aromatic heterocycles. The average Bonchev–Trinajstić information content (AvgIpc) is 3.89. The molecule has 6 aromatic rings. The molecule has 3 N–H and O–H groups in total. The number of carbonyl (C=O) groups is 3. The Balaban J connectivity index is 0.865. The SMILES string of the molecule is Cc1cc(-c2n[nH]c3ncc(-c4ccc(N5CCN(CCc6ccc(N7CCC(=O)NC7=O)cc6)CC5)cn4)cc23)ccc1[C@@H](C)NC(=O)c1noc(C(C)(C)C)n1. The van der Waals surface area contributed by atoms with Gasteiger partial charge >= 0.3 is 6.03 Å². The molecule has 2 fully saturated rings. The highest BCUT2D eigenvalue weighted by atomic mass is 16.5. The summed E-state index contributed by atoms with van der Waals surface area (Å²) < 4.78 is 5.30. The number of hydrogen-bond donors (Lipinski definition) is 3. The third-order valence-corrected chi connectivity index (χ3v) is 10.8. The van der Waals surface area contributed by atoms with Gasteiger partial charge in [-0.1, -0.05) is 50.2 Å². The third-order valence-electron chi connectivity index (χ3n) is 10.8. The molecule has 4 amide bonds. The predicted octanol–water partition coefficient (Wildman–Crippen LogP) is 5.98. The van der Waals surface area contributed by atoms with Gasteiger partial charge in [0, 0.05) is 79.5 Å². The second-order valence-electron chi connectivity index (χ2n) is 16.0. The predicted molar refractivity (Wildman–Crippen MR) is 220 cm³/mol. The third kappa shape index (κ3) is 8.16. The normalized spacial score (nSPS) is 15.8. The number of aromatic nitrogens is 6. The van der Waals surface area contributed by atoms with Gasteiger partial charge in [0.1, 0.15) is 5.69 Å². The Labute approximate surface area is 336 Å². The van der Waals surface area contributed by atoms with Gasteiger partial charge in [0.05, 0.1) is 23.6 Å². The van der Waals surface area contributed by atoms with Crippen molar-refractivity contribution in [1.82, 2.24) is 45.8 Å². The summed E-state index contributed by atoms with van der Waals surface area (Å²) in [7, 11) is 0. The number of urea groups is 1. The van der Waals surface area contributed by atoms with Crippen molar-refractivity contribution < 1.29 is 18.9 Å². The van der Waals surface area contributed by atoms with Crippen molar-refractivity contribution in [3.05, 3.63) is 101 Å². The maximum absolute atomic E-state index is 12.9. The van der Waals surface area contributed by atoms with Crippen molar-refractivity contribution in [1.29, 1.82) is 0 Å². The Bertz CT molecular complexity index is 2460. The summed E-state index contributed by atoms with van der Waals surface area (Å²) >= 11 is 0. The molecule has 15 heteroatoms. The number of benzene rings is 2. The lowest BCUT2D eigenvalue weighted by molar-refractivity contribution is -0.120.